The van der Waals surface area contributed by atoms with Crippen LogP contribution in [0.4, 0.5) is 20.6 Å². The van der Waals surface area contributed by atoms with Crippen molar-refractivity contribution in [1.82, 2.24) is 9.38 Å². The number of amides is 1. The molecule has 0 atom stereocenters. The lowest BCUT2D eigenvalue weighted by molar-refractivity contribution is 0.0599. The predicted octanol–water partition coefficient (Wildman–Crippen LogP) is 6.21. The predicted molar refractivity (Wildman–Crippen MR) is 115 cm³/mol. The number of fused-ring (bicyclic) bond motifs is 1. The number of pyridine rings is 1. The molecule has 1 amide bonds. The Hall–Kier alpha value is -3.67. The van der Waals surface area contributed by atoms with Gasteiger partial charge in [-0.3, -0.25) is 0 Å². The third-order valence-corrected chi connectivity index (χ3v) is 4.42. The van der Waals surface area contributed by atoms with Crippen LogP contribution < -0.4 is 4.90 Å². The molecule has 2 aromatic carbocycles. The zero-order valence-electron chi connectivity index (χ0n) is 17.0. The molecule has 2 heterocycles. The van der Waals surface area contributed by atoms with Gasteiger partial charge in [0.2, 0.25) is 0 Å². The van der Waals surface area contributed by atoms with E-state index < -0.39 is 11.7 Å². The van der Waals surface area contributed by atoms with Crippen LogP contribution in [0.3, 0.4) is 0 Å². The number of carbonyl (C=O) groups excluding carboxylic acids is 1. The van der Waals surface area contributed by atoms with Crippen molar-refractivity contribution in [2.45, 2.75) is 26.4 Å². The largest absolute Gasteiger partial charge is 0.443 e. The lowest BCUT2D eigenvalue weighted by atomic mass is 10.2. The maximum absolute atomic E-state index is 13.2. The zero-order valence-corrected chi connectivity index (χ0v) is 17.0. The molecule has 0 bridgehead atoms. The number of rotatable bonds is 3. The number of ether oxygens (including phenoxy) is 1. The summed E-state index contributed by atoms with van der Waals surface area (Å²) in [5, 5.41) is 0. The first kappa shape index (κ1) is 19.6. The molecule has 0 aliphatic carbocycles. The van der Waals surface area contributed by atoms with Gasteiger partial charge in [-0.05, 0) is 69.3 Å². The van der Waals surface area contributed by atoms with Crippen molar-refractivity contribution < 1.29 is 13.9 Å². The van der Waals surface area contributed by atoms with Gasteiger partial charge in [0.1, 0.15) is 17.1 Å². The number of hydrogen-bond donors (Lipinski definition) is 0. The summed E-state index contributed by atoms with van der Waals surface area (Å²) in [6, 6.07) is 19.2. The van der Waals surface area contributed by atoms with E-state index in [1.54, 1.807) is 12.1 Å². The number of anilines is 2. The third kappa shape index (κ3) is 4.17. The lowest BCUT2D eigenvalue weighted by Crippen LogP contribution is -2.34. The minimum atomic E-state index is -0.626. The fraction of sp³-hybridized carbons (Fsp3) is 0.167. The van der Waals surface area contributed by atoms with Gasteiger partial charge < -0.3 is 9.14 Å². The second-order valence-corrected chi connectivity index (χ2v) is 7.94. The molecule has 0 spiro atoms. The molecule has 4 aromatic rings. The number of hydrogen-bond acceptors (Lipinski definition) is 3. The Balaban J connectivity index is 1.76. The van der Waals surface area contributed by atoms with E-state index in [0.29, 0.717) is 11.4 Å². The SMILES string of the molecule is CC(C)(C)OC(=O)N(c1ccccc1)c1ccc2nc(-c3ccc(F)cc3)cn2c1. The topological polar surface area (TPSA) is 46.8 Å². The van der Waals surface area contributed by atoms with E-state index in [9.17, 15) is 9.18 Å². The van der Waals surface area contributed by atoms with E-state index in [1.807, 2.05) is 80.0 Å². The molecule has 30 heavy (non-hydrogen) atoms. The highest BCUT2D eigenvalue weighted by Crippen LogP contribution is 2.29. The molecule has 2 aromatic heterocycles. The number of carbonyl (C=O) groups is 1. The van der Waals surface area contributed by atoms with E-state index in [2.05, 4.69) is 4.98 Å². The van der Waals surface area contributed by atoms with E-state index >= 15 is 0 Å². The van der Waals surface area contributed by atoms with Crippen LogP contribution >= 0.6 is 0 Å². The summed E-state index contributed by atoms with van der Waals surface area (Å²) in [6.07, 6.45) is 3.21. The fourth-order valence-electron chi connectivity index (χ4n) is 3.12. The molecule has 5 nitrogen and oxygen atoms in total. The summed E-state index contributed by atoms with van der Waals surface area (Å²) >= 11 is 0. The first-order valence-electron chi connectivity index (χ1n) is 9.63. The van der Waals surface area contributed by atoms with Crippen LogP contribution in [-0.2, 0) is 4.74 Å². The summed E-state index contributed by atoms with van der Waals surface area (Å²) in [5.74, 6) is -0.291. The molecular weight excluding hydrogens is 381 g/mol. The third-order valence-electron chi connectivity index (χ3n) is 4.42. The van der Waals surface area contributed by atoms with Crippen LogP contribution in [0.2, 0.25) is 0 Å². The van der Waals surface area contributed by atoms with Crippen molar-refractivity contribution >= 4 is 23.1 Å². The number of benzene rings is 2. The van der Waals surface area contributed by atoms with Crippen molar-refractivity contribution in [3.8, 4) is 11.3 Å². The van der Waals surface area contributed by atoms with Crippen LogP contribution in [0.1, 0.15) is 20.8 Å². The number of nitrogens with zero attached hydrogens (tertiary/aromatic N) is 3. The minimum Gasteiger partial charge on any atom is -0.443 e. The molecule has 0 saturated heterocycles. The summed E-state index contributed by atoms with van der Waals surface area (Å²) in [6.45, 7) is 5.51. The van der Waals surface area contributed by atoms with Gasteiger partial charge in [-0.2, -0.15) is 0 Å². The molecule has 0 radical (unpaired) electrons. The van der Waals surface area contributed by atoms with Gasteiger partial charge in [0.25, 0.3) is 0 Å². The van der Waals surface area contributed by atoms with Gasteiger partial charge in [0.15, 0.2) is 0 Å². The van der Waals surface area contributed by atoms with Crippen molar-refractivity contribution in [2.75, 3.05) is 4.90 Å². The highest BCUT2D eigenvalue weighted by molar-refractivity contribution is 5.96. The Morgan fingerprint density at radius 1 is 0.933 bits per heavy atom. The smallest absolute Gasteiger partial charge is 0.419 e. The Morgan fingerprint density at radius 3 is 2.30 bits per heavy atom. The van der Waals surface area contributed by atoms with Gasteiger partial charge in [-0.25, -0.2) is 19.1 Å². The maximum Gasteiger partial charge on any atom is 0.419 e. The summed E-state index contributed by atoms with van der Waals surface area (Å²) in [4.78, 5) is 19.1. The van der Waals surface area contributed by atoms with Gasteiger partial charge in [0.05, 0.1) is 17.1 Å². The molecule has 6 heteroatoms. The minimum absolute atomic E-state index is 0.291. The molecule has 0 aliphatic heterocycles. The average Bonchev–Trinajstić information content (AvgIpc) is 3.11. The molecule has 0 fully saturated rings. The van der Waals surface area contributed by atoms with Crippen molar-refractivity contribution in [3.63, 3.8) is 0 Å². The van der Waals surface area contributed by atoms with Gasteiger partial charge in [0, 0.05) is 18.0 Å². The highest BCUT2D eigenvalue weighted by Gasteiger charge is 2.25. The summed E-state index contributed by atoms with van der Waals surface area (Å²) in [5.41, 5.74) is 2.97. The maximum atomic E-state index is 13.2. The van der Waals surface area contributed by atoms with E-state index in [1.165, 1.54) is 17.0 Å². The first-order valence-corrected chi connectivity index (χ1v) is 9.63. The molecule has 0 N–H and O–H groups in total. The normalized spacial score (nSPS) is 11.5. The van der Waals surface area contributed by atoms with Crippen LogP contribution in [0.15, 0.2) is 79.1 Å². The Bertz CT molecular complexity index is 1180. The number of imidazole rings is 1. The lowest BCUT2D eigenvalue weighted by Gasteiger charge is -2.27. The second-order valence-electron chi connectivity index (χ2n) is 7.94. The van der Waals surface area contributed by atoms with Crippen LogP contribution in [0, 0.1) is 5.82 Å². The highest BCUT2D eigenvalue weighted by atomic mass is 19.1. The zero-order chi connectivity index (χ0) is 21.3. The monoisotopic (exact) mass is 403 g/mol. The molecule has 152 valence electrons. The summed E-state index contributed by atoms with van der Waals surface area (Å²) < 4.78 is 20.7. The Morgan fingerprint density at radius 2 is 1.63 bits per heavy atom. The standard InChI is InChI=1S/C24H22FN3O2/c1-24(2,3)30-23(29)28(19-7-5-4-6-8-19)20-13-14-22-26-21(16-27(22)15-20)17-9-11-18(25)12-10-17/h4-16H,1-3H3. The average molecular weight is 403 g/mol. The van der Waals surface area contributed by atoms with Gasteiger partial charge in [-0.1, -0.05) is 18.2 Å². The van der Waals surface area contributed by atoms with Gasteiger partial charge in [-0.15, -0.1) is 0 Å². The van der Waals surface area contributed by atoms with Crippen LogP contribution in [0.5, 0.6) is 0 Å². The number of halogens is 1. The van der Waals surface area contributed by atoms with Crippen molar-refractivity contribution in [2.24, 2.45) is 0 Å². The van der Waals surface area contributed by atoms with Crippen LogP contribution in [0.25, 0.3) is 16.9 Å². The fourth-order valence-corrected chi connectivity index (χ4v) is 3.12. The molecular formula is C24H22FN3O2. The second kappa shape index (κ2) is 7.63. The number of aromatic nitrogens is 2. The van der Waals surface area contributed by atoms with E-state index in [0.717, 1.165) is 16.9 Å². The first-order chi connectivity index (χ1) is 14.3. The van der Waals surface area contributed by atoms with E-state index in [-0.39, 0.29) is 5.82 Å². The Kier molecular flexibility index (Phi) is 4.99. The summed E-state index contributed by atoms with van der Waals surface area (Å²) in [7, 11) is 0. The van der Waals surface area contributed by atoms with Crippen molar-refractivity contribution in [1.29, 1.82) is 0 Å². The quantitative estimate of drug-likeness (QED) is 0.408. The molecule has 0 saturated carbocycles. The Labute approximate surface area is 174 Å². The van der Waals surface area contributed by atoms with Crippen LogP contribution in [-0.4, -0.2) is 21.1 Å². The molecule has 4 rings (SSSR count). The van der Waals surface area contributed by atoms with E-state index in [4.69, 9.17) is 4.74 Å². The molecule has 0 unspecified atom stereocenters. The van der Waals surface area contributed by atoms with Gasteiger partial charge >= 0.3 is 6.09 Å². The van der Waals surface area contributed by atoms with Crippen molar-refractivity contribution in [3.05, 3.63) is 84.9 Å². The number of para-hydroxylation sites is 1. The molecule has 0 aliphatic rings.